The highest BCUT2D eigenvalue weighted by Gasteiger charge is 2.26. The summed E-state index contributed by atoms with van der Waals surface area (Å²) >= 11 is 1.93. The second-order valence-corrected chi connectivity index (χ2v) is 4.99. The van der Waals surface area contributed by atoms with Crippen LogP contribution in [0.25, 0.3) is 0 Å². The molecule has 3 nitrogen and oxygen atoms in total. The Bertz CT molecular complexity index is 349. The summed E-state index contributed by atoms with van der Waals surface area (Å²) in [5.41, 5.74) is 0.744. The van der Waals surface area contributed by atoms with Crippen molar-refractivity contribution in [1.82, 2.24) is 9.88 Å². The zero-order valence-corrected chi connectivity index (χ0v) is 10.2. The minimum Gasteiger partial charge on any atom is -0.335 e. The first-order chi connectivity index (χ1) is 7.83. The molecular formula is C12H16N2OS. The normalized spacial score (nSPS) is 19.7. The van der Waals surface area contributed by atoms with Crippen LogP contribution in [0.15, 0.2) is 24.5 Å². The number of carbonyl (C=O) groups is 1. The van der Waals surface area contributed by atoms with E-state index in [4.69, 9.17) is 0 Å². The Morgan fingerprint density at radius 2 is 2.31 bits per heavy atom. The van der Waals surface area contributed by atoms with Gasteiger partial charge in [0.1, 0.15) is 0 Å². The van der Waals surface area contributed by atoms with Crippen LogP contribution in [0, 0.1) is 0 Å². The first-order valence-electron chi connectivity index (χ1n) is 5.61. The molecule has 1 saturated heterocycles. The summed E-state index contributed by atoms with van der Waals surface area (Å²) in [5.74, 6) is 2.38. The fraction of sp³-hybridized carbons (Fsp3) is 0.500. The summed E-state index contributed by atoms with van der Waals surface area (Å²) in [4.78, 5) is 18.2. The maximum absolute atomic E-state index is 12.3. The molecule has 0 aromatic carbocycles. The predicted octanol–water partition coefficient (Wildman–Crippen LogP) is 2.05. The van der Waals surface area contributed by atoms with Gasteiger partial charge in [0.2, 0.25) is 0 Å². The van der Waals surface area contributed by atoms with Crippen molar-refractivity contribution < 1.29 is 4.79 Å². The van der Waals surface area contributed by atoms with Crippen molar-refractivity contribution in [2.24, 2.45) is 0 Å². The molecule has 0 saturated carbocycles. The minimum absolute atomic E-state index is 0.136. The van der Waals surface area contributed by atoms with Gasteiger partial charge in [0.25, 0.3) is 5.91 Å². The van der Waals surface area contributed by atoms with Crippen LogP contribution in [0.4, 0.5) is 0 Å². The van der Waals surface area contributed by atoms with Gasteiger partial charge in [0.15, 0.2) is 0 Å². The first-order valence-corrected chi connectivity index (χ1v) is 6.77. The zero-order valence-electron chi connectivity index (χ0n) is 9.43. The molecule has 1 aliphatic rings. The summed E-state index contributed by atoms with van der Waals surface area (Å²) in [6.07, 6.45) is 4.46. The molecule has 0 spiro atoms. The molecule has 86 valence electrons. The molecule has 1 aromatic heterocycles. The smallest absolute Gasteiger partial charge is 0.254 e. The maximum atomic E-state index is 12.3. The molecule has 16 heavy (non-hydrogen) atoms. The minimum atomic E-state index is 0.136. The SMILES string of the molecule is CCN(C(=O)c1ccncc1)[C@@H]1CCSC1. The molecule has 0 N–H and O–H groups in total. The van der Waals surface area contributed by atoms with E-state index in [-0.39, 0.29) is 5.91 Å². The van der Waals surface area contributed by atoms with E-state index in [1.807, 2.05) is 23.6 Å². The summed E-state index contributed by atoms with van der Waals surface area (Å²) in [7, 11) is 0. The van der Waals surface area contributed by atoms with Crippen LogP contribution >= 0.6 is 11.8 Å². The Morgan fingerprint density at radius 3 is 2.88 bits per heavy atom. The standard InChI is InChI=1S/C12H16N2OS/c1-2-14(11-5-8-16-9-11)12(15)10-3-6-13-7-4-10/h3-4,6-7,11H,2,5,8-9H2,1H3/t11-/m1/s1. The zero-order chi connectivity index (χ0) is 11.4. The van der Waals surface area contributed by atoms with Crippen LogP contribution in [0.5, 0.6) is 0 Å². The third kappa shape index (κ3) is 2.38. The molecule has 1 atom stereocenters. The lowest BCUT2D eigenvalue weighted by Gasteiger charge is -2.27. The number of hydrogen-bond acceptors (Lipinski definition) is 3. The number of thioether (sulfide) groups is 1. The summed E-state index contributed by atoms with van der Waals surface area (Å²) in [6.45, 7) is 2.83. The van der Waals surface area contributed by atoms with Crippen LogP contribution < -0.4 is 0 Å². The summed E-state index contributed by atoms with van der Waals surface area (Å²) in [5, 5.41) is 0. The molecule has 0 aliphatic carbocycles. The van der Waals surface area contributed by atoms with E-state index >= 15 is 0 Å². The van der Waals surface area contributed by atoms with Gasteiger partial charge in [-0.15, -0.1) is 0 Å². The molecule has 0 radical (unpaired) electrons. The molecule has 2 rings (SSSR count). The quantitative estimate of drug-likeness (QED) is 0.805. The number of nitrogens with zero attached hydrogens (tertiary/aromatic N) is 2. The van der Waals surface area contributed by atoms with E-state index in [0.717, 1.165) is 24.3 Å². The average molecular weight is 236 g/mol. The lowest BCUT2D eigenvalue weighted by atomic mass is 10.1. The topological polar surface area (TPSA) is 33.2 Å². The average Bonchev–Trinajstić information content (AvgIpc) is 2.85. The van der Waals surface area contributed by atoms with Gasteiger partial charge in [-0.25, -0.2) is 0 Å². The Balaban J connectivity index is 2.12. The van der Waals surface area contributed by atoms with Crippen molar-refractivity contribution in [2.45, 2.75) is 19.4 Å². The number of pyridine rings is 1. The van der Waals surface area contributed by atoms with E-state index in [9.17, 15) is 4.79 Å². The van der Waals surface area contributed by atoms with Crippen LogP contribution in [-0.2, 0) is 0 Å². The van der Waals surface area contributed by atoms with Gasteiger partial charge in [-0.3, -0.25) is 9.78 Å². The van der Waals surface area contributed by atoms with Crippen molar-refractivity contribution in [3.8, 4) is 0 Å². The van der Waals surface area contributed by atoms with Gasteiger partial charge in [-0.1, -0.05) is 0 Å². The first kappa shape index (κ1) is 11.5. The molecular weight excluding hydrogens is 220 g/mol. The number of hydrogen-bond donors (Lipinski definition) is 0. The maximum Gasteiger partial charge on any atom is 0.254 e. The Labute approximate surface area is 100 Å². The van der Waals surface area contributed by atoms with E-state index < -0.39 is 0 Å². The highest BCUT2D eigenvalue weighted by molar-refractivity contribution is 7.99. The highest BCUT2D eigenvalue weighted by Crippen LogP contribution is 2.23. The third-order valence-electron chi connectivity index (χ3n) is 2.88. The molecule has 1 amide bonds. The van der Waals surface area contributed by atoms with Gasteiger partial charge in [-0.2, -0.15) is 11.8 Å². The predicted molar refractivity (Wildman–Crippen MR) is 66.7 cm³/mol. The Kier molecular flexibility index (Phi) is 3.83. The highest BCUT2D eigenvalue weighted by atomic mass is 32.2. The molecule has 4 heteroatoms. The van der Waals surface area contributed by atoms with Gasteiger partial charge in [-0.05, 0) is 31.2 Å². The molecule has 1 fully saturated rings. The lowest BCUT2D eigenvalue weighted by Crippen LogP contribution is -2.40. The number of rotatable bonds is 3. The van der Waals surface area contributed by atoms with Crippen LogP contribution in [0.1, 0.15) is 23.7 Å². The number of carbonyl (C=O) groups excluding carboxylic acids is 1. The van der Waals surface area contributed by atoms with E-state index in [1.54, 1.807) is 24.5 Å². The second-order valence-electron chi connectivity index (χ2n) is 3.84. The van der Waals surface area contributed by atoms with Crippen molar-refractivity contribution in [3.05, 3.63) is 30.1 Å². The van der Waals surface area contributed by atoms with E-state index in [1.165, 1.54) is 5.75 Å². The lowest BCUT2D eigenvalue weighted by molar-refractivity contribution is 0.0708. The monoisotopic (exact) mass is 236 g/mol. The van der Waals surface area contributed by atoms with E-state index in [0.29, 0.717) is 6.04 Å². The summed E-state index contributed by atoms with van der Waals surface area (Å²) in [6, 6.07) is 3.98. The second kappa shape index (κ2) is 5.34. The van der Waals surface area contributed by atoms with Gasteiger partial charge < -0.3 is 4.90 Å². The van der Waals surface area contributed by atoms with E-state index in [2.05, 4.69) is 4.98 Å². The number of aromatic nitrogens is 1. The van der Waals surface area contributed by atoms with Crippen molar-refractivity contribution in [1.29, 1.82) is 0 Å². The Hall–Kier alpha value is -1.03. The van der Waals surface area contributed by atoms with Crippen molar-refractivity contribution in [2.75, 3.05) is 18.1 Å². The van der Waals surface area contributed by atoms with Gasteiger partial charge in [0, 0.05) is 36.3 Å². The molecule has 1 aromatic rings. The van der Waals surface area contributed by atoms with Crippen LogP contribution in [-0.4, -0.2) is 39.9 Å². The van der Waals surface area contributed by atoms with Gasteiger partial charge >= 0.3 is 0 Å². The van der Waals surface area contributed by atoms with Crippen molar-refractivity contribution in [3.63, 3.8) is 0 Å². The molecule has 2 heterocycles. The molecule has 0 unspecified atom stereocenters. The third-order valence-corrected chi connectivity index (χ3v) is 4.02. The molecule has 0 bridgehead atoms. The Morgan fingerprint density at radius 1 is 1.56 bits per heavy atom. The molecule has 1 aliphatic heterocycles. The van der Waals surface area contributed by atoms with Crippen LogP contribution in [0.2, 0.25) is 0 Å². The summed E-state index contributed by atoms with van der Waals surface area (Å²) < 4.78 is 0. The number of amides is 1. The fourth-order valence-corrected chi connectivity index (χ4v) is 3.22. The fourth-order valence-electron chi connectivity index (χ4n) is 2.00. The largest absolute Gasteiger partial charge is 0.335 e. The van der Waals surface area contributed by atoms with Crippen molar-refractivity contribution >= 4 is 17.7 Å². The van der Waals surface area contributed by atoms with Crippen LogP contribution in [0.3, 0.4) is 0 Å². The van der Waals surface area contributed by atoms with Gasteiger partial charge in [0.05, 0.1) is 0 Å².